The van der Waals surface area contributed by atoms with Gasteiger partial charge in [0.25, 0.3) is 15.9 Å². The highest BCUT2D eigenvalue weighted by Gasteiger charge is 2.20. The quantitative estimate of drug-likeness (QED) is 0.754. The molecule has 1 amide bonds. The van der Waals surface area contributed by atoms with Crippen LogP contribution in [-0.4, -0.2) is 26.4 Å². The highest BCUT2D eigenvalue weighted by molar-refractivity contribution is 7.92. The Kier molecular flexibility index (Phi) is 5.38. The van der Waals surface area contributed by atoms with E-state index in [1.54, 1.807) is 0 Å². The van der Waals surface area contributed by atoms with E-state index in [-0.39, 0.29) is 16.1 Å². The summed E-state index contributed by atoms with van der Waals surface area (Å²) in [6, 6.07) is 9.81. The fourth-order valence-corrected chi connectivity index (χ4v) is 2.91. The zero-order chi connectivity index (χ0) is 18.6. The summed E-state index contributed by atoms with van der Waals surface area (Å²) >= 11 is 0. The molecule has 0 radical (unpaired) electrons. The number of sulfonamides is 1. The van der Waals surface area contributed by atoms with Crippen molar-refractivity contribution in [2.45, 2.75) is 17.9 Å². The Balaban J connectivity index is 2.23. The number of nitrogens with one attached hydrogen (secondary N) is 1. The lowest BCUT2D eigenvalue weighted by Crippen LogP contribution is -2.30. The summed E-state index contributed by atoms with van der Waals surface area (Å²) in [5, 5.41) is 0. The van der Waals surface area contributed by atoms with Crippen LogP contribution in [0.1, 0.15) is 17.3 Å². The van der Waals surface area contributed by atoms with Gasteiger partial charge in [-0.1, -0.05) is 6.07 Å². The first-order valence-corrected chi connectivity index (χ1v) is 8.56. The second-order valence-corrected chi connectivity index (χ2v) is 6.77. The Morgan fingerprint density at radius 1 is 1.16 bits per heavy atom. The molecule has 3 N–H and O–H groups in total. The number of ether oxygens (including phenoxy) is 1. The third kappa shape index (κ3) is 4.77. The number of esters is 1. The van der Waals surface area contributed by atoms with Gasteiger partial charge in [0.15, 0.2) is 6.10 Å². The number of benzene rings is 2. The molecule has 7 nitrogen and oxygen atoms in total. The smallest absolute Gasteiger partial charge is 0.338 e. The van der Waals surface area contributed by atoms with Crippen LogP contribution < -0.4 is 10.5 Å². The molecular weight excluding hydrogens is 351 g/mol. The Morgan fingerprint density at radius 2 is 1.80 bits per heavy atom. The fraction of sp³-hybridized carbons (Fsp3) is 0.125. The van der Waals surface area contributed by atoms with Gasteiger partial charge in [-0.25, -0.2) is 17.6 Å². The minimum Gasteiger partial charge on any atom is -0.449 e. The zero-order valence-electron chi connectivity index (χ0n) is 13.1. The van der Waals surface area contributed by atoms with E-state index in [4.69, 9.17) is 10.5 Å². The normalized spacial score (nSPS) is 12.2. The number of hydrogen-bond donors (Lipinski definition) is 2. The lowest BCUT2D eigenvalue weighted by Gasteiger charge is -2.11. The first kappa shape index (κ1) is 18.4. The molecule has 132 valence electrons. The van der Waals surface area contributed by atoms with E-state index >= 15 is 0 Å². The van der Waals surface area contributed by atoms with E-state index in [9.17, 15) is 22.4 Å². The number of primary amides is 1. The SMILES string of the molecule is C[C@@H](OC(=O)c1cccc(S(=O)(=O)Nc2ccc(F)cc2)c1)C(N)=O. The van der Waals surface area contributed by atoms with Gasteiger partial charge in [0.05, 0.1) is 10.5 Å². The standard InChI is InChI=1S/C16H15FN2O5S/c1-10(15(18)20)24-16(21)11-3-2-4-14(9-11)25(22,23)19-13-7-5-12(17)6-8-13/h2-10,19H,1H3,(H2,18,20)/t10-/m1/s1. The van der Waals surface area contributed by atoms with Crippen molar-refractivity contribution in [1.29, 1.82) is 0 Å². The van der Waals surface area contributed by atoms with Crippen molar-refractivity contribution in [1.82, 2.24) is 0 Å². The summed E-state index contributed by atoms with van der Waals surface area (Å²) in [7, 11) is -4.00. The average Bonchev–Trinajstić information content (AvgIpc) is 2.56. The minimum absolute atomic E-state index is 0.0601. The summed E-state index contributed by atoms with van der Waals surface area (Å²) in [5.74, 6) is -2.21. The van der Waals surface area contributed by atoms with Crippen molar-refractivity contribution in [3.63, 3.8) is 0 Å². The number of amides is 1. The van der Waals surface area contributed by atoms with E-state index in [1.165, 1.54) is 37.3 Å². The molecule has 0 aliphatic carbocycles. The Bertz CT molecular complexity index is 897. The molecule has 25 heavy (non-hydrogen) atoms. The van der Waals surface area contributed by atoms with Crippen LogP contribution in [0.15, 0.2) is 53.4 Å². The molecule has 0 bridgehead atoms. The van der Waals surface area contributed by atoms with Gasteiger partial charge in [-0.2, -0.15) is 0 Å². The highest BCUT2D eigenvalue weighted by Crippen LogP contribution is 2.18. The molecule has 0 saturated heterocycles. The van der Waals surface area contributed by atoms with Crippen LogP contribution in [0.4, 0.5) is 10.1 Å². The molecule has 2 rings (SSSR count). The second-order valence-electron chi connectivity index (χ2n) is 5.09. The van der Waals surface area contributed by atoms with Gasteiger partial charge >= 0.3 is 5.97 Å². The fourth-order valence-electron chi connectivity index (χ4n) is 1.81. The molecule has 0 spiro atoms. The number of carbonyl (C=O) groups is 2. The predicted molar refractivity (Wildman–Crippen MR) is 87.7 cm³/mol. The number of anilines is 1. The number of hydrogen-bond acceptors (Lipinski definition) is 5. The van der Waals surface area contributed by atoms with Crippen LogP contribution in [-0.2, 0) is 19.6 Å². The molecule has 9 heteroatoms. The van der Waals surface area contributed by atoms with Crippen LogP contribution in [0.25, 0.3) is 0 Å². The topological polar surface area (TPSA) is 116 Å². The van der Waals surface area contributed by atoms with Crippen LogP contribution in [0, 0.1) is 5.82 Å². The molecule has 0 saturated carbocycles. The van der Waals surface area contributed by atoms with Crippen molar-refractivity contribution in [2.75, 3.05) is 4.72 Å². The molecule has 0 heterocycles. The van der Waals surface area contributed by atoms with Crippen molar-refractivity contribution >= 4 is 27.6 Å². The lowest BCUT2D eigenvalue weighted by molar-refractivity contribution is -0.125. The molecule has 0 fully saturated rings. The maximum atomic E-state index is 12.9. The Labute approximate surface area is 143 Å². The van der Waals surface area contributed by atoms with Gasteiger partial charge in [-0.05, 0) is 49.4 Å². The van der Waals surface area contributed by atoms with E-state index < -0.39 is 33.8 Å². The van der Waals surface area contributed by atoms with E-state index in [1.807, 2.05) is 0 Å². The van der Waals surface area contributed by atoms with Crippen LogP contribution in [0.5, 0.6) is 0 Å². The Morgan fingerprint density at radius 3 is 2.40 bits per heavy atom. The number of halogens is 1. The van der Waals surface area contributed by atoms with Gasteiger partial charge in [-0.3, -0.25) is 9.52 Å². The van der Waals surface area contributed by atoms with Crippen LogP contribution in [0.3, 0.4) is 0 Å². The monoisotopic (exact) mass is 366 g/mol. The van der Waals surface area contributed by atoms with Crippen molar-refractivity contribution in [2.24, 2.45) is 5.73 Å². The summed E-state index contributed by atoms with van der Waals surface area (Å²) < 4.78 is 44.7. The first-order valence-electron chi connectivity index (χ1n) is 7.08. The largest absolute Gasteiger partial charge is 0.449 e. The summed E-state index contributed by atoms with van der Waals surface area (Å²) in [5.41, 5.74) is 5.11. The molecule has 1 atom stereocenters. The Hall–Kier alpha value is -2.94. The zero-order valence-corrected chi connectivity index (χ0v) is 13.9. The van der Waals surface area contributed by atoms with Crippen molar-refractivity contribution in [3.8, 4) is 0 Å². The van der Waals surface area contributed by atoms with E-state index in [0.717, 1.165) is 18.2 Å². The number of nitrogens with two attached hydrogens (primary N) is 1. The molecule has 0 aliphatic heterocycles. The second kappa shape index (κ2) is 7.31. The van der Waals surface area contributed by atoms with E-state index in [0.29, 0.717) is 0 Å². The number of rotatable bonds is 6. The lowest BCUT2D eigenvalue weighted by atomic mass is 10.2. The molecule has 0 aromatic heterocycles. The third-order valence-electron chi connectivity index (χ3n) is 3.16. The third-order valence-corrected chi connectivity index (χ3v) is 4.54. The minimum atomic E-state index is -4.00. The number of carbonyl (C=O) groups excluding carboxylic acids is 2. The van der Waals surface area contributed by atoms with Crippen molar-refractivity contribution in [3.05, 3.63) is 59.9 Å². The predicted octanol–water partition coefficient (Wildman–Crippen LogP) is 1.66. The van der Waals surface area contributed by atoms with Gasteiger partial charge in [-0.15, -0.1) is 0 Å². The van der Waals surface area contributed by atoms with Crippen LogP contribution in [0.2, 0.25) is 0 Å². The summed E-state index contributed by atoms with van der Waals surface area (Å²) in [6.07, 6.45) is -1.15. The summed E-state index contributed by atoms with van der Waals surface area (Å²) in [4.78, 5) is 22.7. The molecule has 0 aliphatic rings. The summed E-state index contributed by atoms with van der Waals surface area (Å²) in [6.45, 7) is 1.30. The molecule has 0 unspecified atom stereocenters. The highest BCUT2D eigenvalue weighted by atomic mass is 32.2. The first-order chi connectivity index (χ1) is 11.7. The molecule has 2 aromatic rings. The van der Waals surface area contributed by atoms with Gasteiger partial charge in [0, 0.05) is 5.69 Å². The maximum Gasteiger partial charge on any atom is 0.338 e. The van der Waals surface area contributed by atoms with E-state index in [2.05, 4.69) is 4.72 Å². The van der Waals surface area contributed by atoms with Gasteiger partial charge in [0.1, 0.15) is 5.82 Å². The molecular formula is C16H15FN2O5S. The maximum absolute atomic E-state index is 12.9. The van der Waals surface area contributed by atoms with Gasteiger partial charge in [0.2, 0.25) is 0 Å². The average molecular weight is 366 g/mol. The van der Waals surface area contributed by atoms with Crippen LogP contribution >= 0.6 is 0 Å². The van der Waals surface area contributed by atoms with Gasteiger partial charge < -0.3 is 10.5 Å². The molecule has 2 aromatic carbocycles. The van der Waals surface area contributed by atoms with Crippen molar-refractivity contribution < 1.29 is 27.1 Å².